The van der Waals surface area contributed by atoms with Crippen molar-refractivity contribution in [1.82, 2.24) is 4.57 Å². The molecule has 0 spiro atoms. The Bertz CT molecular complexity index is 1310. The fraction of sp³-hybridized carbons (Fsp3) is 0.345. The number of pyridine rings is 1. The molecule has 0 bridgehead atoms. The van der Waals surface area contributed by atoms with Crippen molar-refractivity contribution in [1.29, 1.82) is 0 Å². The number of aliphatic carboxylic acids is 1. The second kappa shape index (κ2) is 12.9. The minimum atomic E-state index is -0.912. The van der Waals surface area contributed by atoms with E-state index in [0.29, 0.717) is 17.5 Å². The van der Waals surface area contributed by atoms with E-state index in [2.05, 4.69) is 0 Å². The number of nitrogens with two attached hydrogens (primary N) is 1. The van der Waals surface area contributed by atoms with Crippen LogP contribution in [-0.2, 0) is 16.0 Å². The Balaban J connectivity index is 0.000000271. The number of amides is 1. The van der Waals surface area contributed by atoms with Crippen molar-refractivity contribution in [2.24, 2.45) is 11.7 Å². The fourth-order valence-electron chi connectivity index (χ4n) is 4.22. The number of hydrogen-bond acceptors (Lipinski definition) is 3. The zero-order valence-corrected chi connectivity index (χ0v) is 21.8. The van der Waals surface area contributed by atoms with Crippen molar-refractivity contribution >= 4 is 11.9 Å². The van der Waals surface area contributed by atoms with Gasteiger partial charge in [0.05, 0.1) is 0 Å². The van der Waals surface area contributed by atoms with E-state index in [1.54, 1.807) is 13.0 Å². The van der Waals surface area contributed by atoms with Crippen LogP contribution >= 0.6 is 0 Å². The van der Waals surface area contributed by atoms with E-state index in [1.165, 1.54) is 12.3 Å². The molecule has 6 nitrogen and oxygen atoms in total. The van der Waals surface area contributed by atoms with Gasteiger partial charge in [0.1, 0.15) is 11.9 Å². The Hall–Kier alpha value is -3.81. The van der Waals surface area contributed by atoms with E-state index in [4.69, 9.17) is 10.8 Å². The summed E-state index contributed by atoms with van der Waals surface area (Å²) in [4.78, 5) is 33.4. The summed E-state index contributed by atoms with van der Waals surface area (Å²) in [5.74, 6) is -2.53. The van der Waals surface area contributed by atoms with Crippen LogP contribution < -0.4 is 11.3 Å². The number of primary amides is 1. The highest BCUT2D eigenvalue weighted by molar-refractivity contribution is 5.78. The molecule has 0 aliphatic carbocycles. The van der Waals surface area contributed by atoms with Crippen molar-refractivity contribution in [3.8, 4) is 11.1 Å². The first kappa shape index (κ1) is 29.4. The molecule has 2 aromatic carbocycles. The Morgan fingerprint density at radius 2 is 1.62 bits per heavy atom. The third kappa shape index (κ3) is 7.84. The molecule has 198 valence electrons. The molecule has 3 rings (SSSR count). The topological polar surface area (TPSA) is 102 Å². The molecule has 8 heteroatoms. The highest BCUT2D eigenvalue weighted by Gasteiger charge is 2.20. The number of hydrogen-bond donors (Lipinski definition) is 2. The second-order valence-corrected chi connectivity index (χ2v) is 9.54. The molecule has 3 N–H and O–H groups in total. The Kier molecular flexibility index (Phi) is 10.3. The van der Waals surface area contributed by atoms with Crippen LogP contribution in [0.5, 0.6) is 0 Å². The van der Waals surface area contributed by atoms with Crippen molar-refractivity contribution in [3.63, 3.8) is 0 Å². The average molecular weight is 513 g/mol. The lowest BCUT2D eigenvalue weighted by Gasteiger charge is -2.18. The van der Waals surface area contributed by atoms with Crippen LogP contribution in [0.25, 0.3) is 11.1 Å². The minimum absolute atomic E-state index is 0.0629. The molecule has 0 aliphatic heterocycles. The molecule has 0 fully saturated rings. The third-order valence-corrected chi connectivity index (χ3v) is 5.99. The Morgan fingerprint density at radius 3 is 2.16 bits per heavy atom. The lowest BCUT2D eigenvalue weighted by atomic mass is 9.92. The maximum atomic E-state index is 14.2. The Labute approximate surface area is 215 Å². The molecule has 1 heterocycles. The van der Waals surface area contributed by atoms with Gasteiger partial charge in [-0.05, 0) is 97.2 Å². The molecular weight excluding hydrogens is 478 g/mol. The predicted octanol–water partition coefficient (Wildman–Crippen LogP) is 5.50. The van der Waals surface area contributed by atoms with Gasteiger partial charge in [0, 0.05) is 12.6 Å². The molecule has 0 saturated heterocycles. The quantitative estimate of drug-likeness (QED) is 0.416. The number of benzene rings is 2. The predicted molar refractivity (Wildman–Crippen MR) is 140 cm³/mol. The first-order valence-electron chi connectivity index (χ1n) is 12.1. The van der Waals surface area contributed by atoms with Gasteiger partial charge in [-0.25, -0.2) is 8.78 Å². The van der Waals surface area contributed by atoms with Crippen LogP contribution in [0.15, 0.2) is 53.5 Å². The van der Waals surface area contributed by atoms with Gasteiger partial charge >= 0.3 is 5.97 Å². The van der Waals surface area contributed by atoms with Gasteiger partial charge < -0.3 is 15.4 Å². The van der Waals surface area contributed by atoms with Crippen molar-refractivity contribution < 1.29 is 23.5 Å². The van der Waals surface area contributed by atoms with E-state index >= 15 is 0 Å². The molecule has 0 aliphatic rings. The summed E-state index contributed by atoms with van der Waals surface area (Å²) < 4.78 is 28.3. The van der Waals surface area contributed by atoms with E-state index in [9.17, 15) is 23.2 Å². The lowest BCUT2D eigenvalue weighted by molar-refractivity contribution is -0.137. The SMILES string of the molecule is CC(C)CC(C(N)=O)n1cccc(F)c1=O.Cc1cc(-c2c(C)cccc2C)cc(CCC(=O)O)c1F. The van der Waals surface area contributed by atoms with Gasteiger partial charge in [0.15, 0.2) is 5.82 Å². The van der Waals surface area contributed by atoms with E-state index < -0.39 is 29.3 Å². The van der Waals surface area contributed by atoms with Crippen molar-refractivity contribution in [3.05, 3.63) is 92.9 Å². The molecule has 1 unspecified atom stereocenters. The maximum Gasteiger partial charge on any atom is 0.303 e. The molecule has 1 atom stereocenters. The monoisotopic (exact) mass is 512 g/mol. The summed E-state index contributed by atoms with van der Waals surface area (Å²) in [5.41, 5.74) is 9.72. The average Bonchev–Trinajstić information content (AvgIpc) is 2.80. The summed E-state index contributed by atoms with van der Waals surface area (Å²) in [5, 5.41) is 8.79. The van der Waals surface area contributed by atoms with Crippen LogP contribution in [0.3, 0.4) is 0 Å². The molecule has 3 aromatic rings. The number of aryl methyl sites for hydroxylation is 4. The smallest absolute Gasteiger partial charge is 0.303 e. The van der Waals surface area contributed by atoms with Gasteiger partial charge in [0.25, 0.3) is 5.56 Å². The number of nitrogens with zero attached hydrogens (tertiary/aromatic N) is 1. The Morgan fingerprint density at radius 1 is 1.00 bits per heavy atom. The number of carbonyl (C=O) groups excluding carboxylic acids is 1. The summed E-state index contributed by atoms with van der Waals surface area (Å²) in [6.07, 6.45) is 1.94. The molecular formula is C29H34F2N2O4. The van der Waals surface area contributed by atoms with Crippen LogP contribution in [-0.4, -0.2) is 21.6 Å². The molecule has 1 amide bonds. The van der Waals surface area contributed by atoms with Gasteiger partial charge in [-0.3, -0.25) is 14.4 Å². The number of carboxylic acids is 1. The number of carbonyl (C=O) groups is 2. The largest absolute Gasteiger partial charge is 0.481 e. The molecule has 0 saturated carbocycles. The highest BCUT2D eigenvalue weighted by atomic mass is 19.1. The number of aromatic nitrogens is 1. The van der Waals surface area contributed by atoms with Crippen molar-refractivity contribution in [2.75, 3.05) is 0 Å². The zero-order chi connectivity index (χ0) is 27.9. The van der Waals surface area contributed by atoms with Gasteiger partial charge in [-0.15, -0.1) is 0 Å². The number of carboxylic acid groups (broad SMARTS) is 1. The van der Waals surface area contributed by atoms with Crippen LogP contribution in [0.2, 0.25) is 0 Å². The van der Waals surface area contributed by atoms with Crippen LogP contribution in [0.1, 0.15) is 55.0 Å². The maximum absolute atomic E-state index is 14.2. The van der Waals surface area contributed by atoms with Gasteiger partial charge in [-0.1, -0.05) is 32.0 Å². The van der Waals surface area contributed by atoms with Crippen molar-refractivity contribution in [2.45, 2.75) is 59.9 Å². The normalized spacial score (nSPS) is 11.6. The van der Waals surface area contributed by atoms with Crippen LogP contribution in [0, 0.1) is 38.3 Å². The van der Waals surface area contributed by atoms with Gasteiger partial charge in [0.2, 0.25) is 5.91 Å². The second-order valence-electron chi connectivity index (χ2n) is 9.54. The van der Waals surface area contributed by atoms with E-state index in [0.717, 1.165) is 32.9 Å². The minimum Gasteiger partial charge on any atom is -0.481 e. The summed E-state index contributed by atoms with van der Waals surface area (Å²) in [6, 6.07) is 11.3. The zero-order valence-electron chi connectivity index (χ0n) is 21.8. The first-order chi connectivity index (χ1) is 17.3. The summed E-state index contributed by atoms with van der Waals surface area (Å²) in [7, 11) is 0. The molecule has 37 heavy (non-hydrogen) atoms. The molecule has 0 radical (unpaired) electrons. The van der Waals surface area contributed by atoms with E-state index in [1.807, 2.05) is 52.0 Å². The highest BCUT2D eigenvalue weighted by Crippen LogP contribution is 2.30. The standard InChI is InChI=1S/C18H19FO2.C11H15FN2O2/c1-11-5-4-6-12(2)17(11)15-9-13(3)18(19)14(10-15)7-8-16(20)21;1-7(2)6-9(10(13)15)14-5-3-4-8(12)11(14)16/h4-6,9-10H,7-8H2,1-3H3,(H,20,21);3-5,7,9H,6H2,1-2H3,(H2,13,15). The van der Waals surface area contributed by atoms with Crippen LogP contribution in [0.4, 0.5) is 8.78 Å². The fourth-order valence-corrected chi connectivity index (χ4v) is 4.22. The third-order valence-electron chi connectivity index (χ3n) is 5.99. The summed E-state index contributed by atoms with van der Waals surface area (Å²) >= 11 is 0. The first-order valence-corrected chi connectivity index (χ1v) is 12.1. The van der Waals surface area contributed by atoms with Gasteiger partial charge in [-0.2, -0.15) is 0 Å². The number of halogens is 2. The van der Waals surface area contributed by atoms with E-state index in [-0.39, 0.29) is 24.6 Å². The summed E-state index contributed by atoms with van der Waals surface area (Å²) in [6.45, 7) is 9.58. The lowest BCUT2D eigenvalue weighted by Crippen LogP contribution is -2.35. The number of rotatable bonds is 8. The molecule has 1 aromatic heterocycles.